The third kappa shape index (κ3) is 3.44. The second-order valence-corrected chi connectivity index (χ2v) is 6.08. The molecule has 7 heteroatoms. The summed E-state index contributed by atoms with van der Waals surface area (Å²) in [5.41, 5.74) is 0.791. The zero-order valence-electron chi connectivity index (χ0n) is 9.40. The molecule has 0 saturated carbocycles. The van der Waals surface area contributed by atoms with Gasteiger partial charge >= 0.3 is 0 Å². The van der Waals surface area contributed by atoms with Crippen molar-refractivity contribution in [3.05, 3.63) is 23.2 Å². The highest BCUT2D eigenvalue weighted by atomic mass is 35.5. The van der Waals surface area contributed by atoms with Crippen LogP contribution in [0.2, 0.25) is 5.02 Å². The maximum absolute atomic E-state index is 11.5. The number of hydrogen-bond donors (Lipinski definition) is 1. The van der Waals surface area contributed by atoms with Gasteiger partial charge < -0.3 is 5.32 Å². The van der Waals surface area contributed by atoms with Crippen LogP contribution in [-0.2, 0) is 9.59 Å². The zero-order chi connectivity index (χ0) is 13.1. The van der Waals surface area contributed by atoms with Gasteiger partial charge in [0.05, 0.1) is 16.0 Å². The molecule has 0 aliphatic carbocycles. The van der Waals surface area contributed by atoms with E-state index in [1.165, 1.54) is 18.3 Å². The molecule has 0 aliphatic heterocycles. The van der Waals surface area contributed by atoms with Crippen LogP contribution in [0.25, 0.3) is 10.2 Å². The summed E-state index contributed by atoms with van der Waals surface area (Å²) in [5, 5.41) is 3.73. The van der Waals surface area contributed by atoms with Gasteiger partial charge in [-0.25, -0.2) is 4.98 Å². The Hall–Kier alpha value is -1.11. The molecule has 0 atom stereocenters. The first kappa shape index (κ1) is 13.3. The van der Waals surface area contributed by atoms with Crippen molar-refractivity contribution in [1.82, 2.24) is 4.98 Å². The van der Waals surface area contributed by atoms with E-state index in [1.807, 2.05) is 0 Å². The molecule has 0 unspecified atom stereocenters. The number of nitrogens with zero attached hydrogens (tertiary/aromatic N) is 1. The Morgan fingerprint density at radius 2 is 2.28 bits per heavy atom. The molecule has 94 valence electrons. The second-order valence-electron chi connectivity index (χ2n) is 3.46. The number of anilines is 1. The molecule has 1 aromatic carbocycles. The number of carbonyl (C=O) groups excluding carboxylic acids is 2. The smallest absolute Gasteiger partial charge is 0.236 e. The van der Waals surface area contributed by atoms with Crippen molar-refractivity contribution < 1.29 is 9.59 Å². The molecule has 0 fully saturated rings. The van der Waals surface area contributed by atoms with Gasteiger partial charge in [-0.2, -0.15) is 0 Å². The molecule has 1 heterocycles. The van der Waals surface area contributed by atoms with Crippen LogP contribution in [0.15, 0.2) is 18.2 Å². The third-order valence-corrected chi connectivity index (χ3v) is 3.99. The van der Waals surface area contributed by atoms with Crippen LogP contribution in [0.5, 0.6) is 0 Å². The Labute approximate surface area is 117 Å². The highest BCUT2D eigenvalue weighted by Crippen LogP contribution is 2.28. The predicted octanol–water partition coefficient (Wildman–Crippen LogP) is 3.17. The highest BCUT2D eigenvalue weighted by molar-refractivity contribution is 8.14. The van der Waals surface area contributed by atoms with Gasteiger partial charge in [0.25, 0.3) is 0 Å². The summed E-state index contributed by atoms with van der Waals surface area (Å²) in [4.78, 5) is 26.5. The van der Waals surface area contributed by atoms with Gasteiger partial charge in [0.2, 0.25) is 5.91 Å². The fourth-order valence-corrected chi connectivity index (χ4v) is 2.84. The quantitative estimate of drug-likeness (QED) is 0.946. The number of halogens is 1. The number of hydrogen-bond acceptors (Lipinski definition) is 5. The first-order valence-corrected chi connectivity index (χ1v) is 7.22. The molecule has 1 amide bonds. The lowest BCUT2D eigenvalue weighted by Gasteiger charge is -1.98. The molecular formula is C11H9ClN2O2S2. The van der Waals surface area contributed by atoms with Crippen LogP contribution in [0.1, 0.15) is 6.92 Å². The summed E-state index contributed by atoms with van der Waals surface area (Å²) in [6, 6.07) is 5.35. The molecule has 2 aromatic rings. The first-order valence-electron chi connectivity index (χ1n) is 5.04. The van der Waals surface area contributed by atoms with E-state index >= 15 is 0 Å². The summed E-state index contributed by atoms with van der Waals surface area (Å²) in [7, 11) is 0. The zero-order valence-corrected chi connectivity index (χ0v) is 11.8. The molecule has 0 radical (unpaired) electrons. The van der Waals surface area contributed by atoms with Crippen molar-refractivity contribution in [3.8, 4) is 0 Å². The van der Waals surface area contributed by atoms with Gasteiger partial charge in [-0.15, -0.1) is 0 Å². The topological polar surface area (TPSA) is 59.1 Å². The molecule has 0 bridgehead atoms. The number of fused-ring (bicyclic) bond motifs is 1. The monoisotopic (exact) mass is 300 g/mol. The van der Waals surface area contributed by atoms with Crippen LogP contribution >= 0.6 is 34.7 Å². The summed E-state index contributed by atoms with van der Waals surface area (Å²) in [5.74, 6) is -0.133. The van der Waals surface area contributed by atoms with Crippen molar-refractivity contribution in [1.29, 1.82) is 0 Å². The van der Waals surface area contributed by atoms with Crippen molar-refractivity contribution >= 4 is 61.1 Å². The number of aromatic nitrogens is 1. The summed E-state index contributed by atoms with van der Waals surface area (Å²) in [6.07, 6.45) is 0. The number of thioether (sulfide) groups is 1. The summed E-state index contributed by atoms with van der Waals surface area (Å²) in [6.45, 7) is 1.43. The van der Waals surface area contributed by atoms with Gasteiger partial charge in [-0.05, 0) is 18.2 Å². The minimum Gasteiger partial charge on any atom is -0.301 e. The number of benzene rings is 1. The second kappa shape index (κ2) is 5.69. The Kier molecular flexibility index (Phi) is 4.21. The maximum Gasteiger partial charge on any atom is 0.236 e. The molecule has 0 saturated heterocycles. The molecule has 18 heavy (non-hydrogen) atoms. The lowest BCUT2D eigenvalue weighted by atomic mass is 10.3. The minimum absolute atomic E-state index is 0.0822. The van der Waals surface area contributed by atoms with Crippen LogP contribution in [-0.4, -0.2) is 21.8 Å². The molecule has 0 aliphatic rings. The van der Waals surface area contributed by atoms with Crippen LogP contribution in [0.4, 0.5) is 5.13 Å². The van der Waals surface area contributed by atoms with E-state index in [1.54, 1.807) is 18.2 Å². The van der Waals surface area contributed by atoms with Gasteiger partial charge in [0.1, 0.15) is 0 Å². The number of carbonyl (C=O) groups is 2. The fourth-order valence-electron chi connectivity index (χ4n) is 1.27. The molecular weight excluding hydrogens is 292 g/mol. The lowest BCUT2D eigenvalue weighted by molar-refractivity contribution is -0.114. The SMILES string of the molecule is CC(=O)SCC(=O)Nc1nc2ccc(Cl)cc2s1. The molecule has 0 spiro atoms. The van der Waals surface area contributed by atoms with Crippen LogP contribution < -0.4 is 5.32 Å². The van der Waals surface area contributed by atoms with Crippen molar-refractivity contribution in [2.24, 2.45) is 0 Å². The van der Waals surface area contributed by atoms with E-state index < -0.39 is 0 Å². The normalized spacial score (nSPS) is 10.6. The van der Waals surface area contributed by atoms with Crippen molar-refractivity contribution in [2.45, 2.75) is 6.92 Å². The molecule has 2 rings (SSSR count). The number of thiazole rings is 1. The van der Waals surface area contributed by atoms with Gasteiger partial charge in [-0.1, -0.05) is 34.7 Å². The highest BCUT2D eigenvalue weighted by Gasteiger charge is 2.09. The van der Waals surface area contributed by atoms with E-state index in [9.17, 15) is 9.59 Å². The van der Waals surface area contributed by atoms with Gasteiger partial charge in [0.15, 0.2) is 10.2 Å². The standard InChI is InChI=1S/C11H9ClN2O2S2/c1-6(15)17-5-10(16)14-11-13-8-3-2-7(12)4-9(8)18-11/h2-4H,5H2,1H3,(H,13,14,16). The number of amides is 1. The van der Waals surface area contributed by atoms with Gasteiger partial charge in [0, 0.05) is 11.9 Å². The molecule has 1 N–H and O–H groups in total. The fraction of sp³-hybridized carbons (Fsp3) is 0.182. The van der Waals surface area contributed by atoms with Gasteiger partial charge in [-0.3, -0.25) is 9.59 Å². The Morgan fingerprint density at radius 3 is 3.00 bits per heavy atom. The van der Waals surface area contributed by atoms with E-state index in [4.69, 9.17) is 11.6 Å². The Morgan fingerprint density at radius 1 is 1.50 bits per heavy atom. The van der Waals surface area contributed by atoms with Crippen LogP contribution in [0, 0.1) is 0 Å². The predicted molar refractivity (Wildman–Crippen MR) is 76.4 cm³/mol. The van der Waals surface area contributed by atoms with E-state index in [0.717, 1.165) is 22.0 Å². The van der Waals surface area contributed by atoms with E-state index in [0.29, 0.717) is 10.2 Å². The van der Waals surface area contributed by atoms with E-state index in [2.05, 4.69) is 10.3 Å². The van der Waals surface area contributed by atoms with Crippen LogP contribution in [0.3, 0.4) is 0 Å². The van der Waals surface area contributed by atoms with Crippen molar-refractivity contribution in [3.63, 3.8) is 0 Å². The maximum atomic E-state index is 11.5. The Balaban J connectivity index is 2.07. The average Bonchev–Trinajstić information content (AvgIpc) is 2.67. The lowest BCUT2D eigenvalue weighted by Crippen LogP contribution is -2.14. The number of nitrogens with one attached hydrogen (secondary N) is 1. The minimum atomic E-state index is -0.236. The summed E-state index contributed by atoms with van der Waals surface area (Å²) >= 11 is 8.19. The largest absolute Gasteiger partial charge is 0.301 e. The first-order chi connectivity index (χ1) is 8.54. The van der Waals surface area contributed by atoms with Crippen molar-refractivity contribution in [2.75, 3.05) is 11.1 Å². The van der Waals surface area contributed by atoms with E-state index in [-0.39, 0.29) is 16.8 Å². The molecule has 1 aromatic heterocycles. The third-order valence-electron chi connectivity index (χ3n) is 2.00. The molecule has 4 nitrogen and oxygen atoms in total. The summed E-state index contributed by atoms with van der Waals surface area (Å²) < 4.78 is 0.914. The number of rotatable bonds is 3. The average molecular weight is 301 g/mol. The Bertz CT molecular complexity index is 612.